The molecule has 2 saturated carbocycles. The van der Waals surface area contributed by atoms with Crippen molar-refractivity contribution in [3.63, 3.8) is 0 Å². The van der Waals surface area contributed by atoms with Gasteiger partial charge in [-0.2, -0.15) is 0 Å². The lowest BCUT2D eigenvalue weighted by molar-refractivity contribution is -0.149. The molecule has 2 aliphatic rings. The van der Waals surface area contributed by atoms with E-state index < -0.39 is 11.4 Å². The molecule has 3 rings (SSSR count). The molecule has 19 heavy (non-hydrogen) atoms. The van der Waals surface area contributed by atoms with Crippen molar-refractivity contribution in [2.24, 2.45) is 17.3 Å². The van der Waals surface area contributed by atoms with Gasteiger partial charge in [0.15, 0.2) is 5.82 Å². The van der Waals surface area contributed by atoms with Crippen molar-refractivity contribution < 1.29 is 9.90 Å². The van der Waals surface area contributed by atoms with Crippen LogP contribution in [0.5, 0.6) is 0 Å². The maximum absolute atomic E-state index is 11.4. The lowest BCUT2D eigenvalue weighted by Gasteiger charge is -2.23. The standard InChI is InChI=1S/C13H20N4O2/c1-3-13(2,12(18)19)7-17-11(14-15-16-17)10-8-5-4-6-9(8)10/h8-10H,3-7H2,1-2H3,(H,18,19). The maximum atomic E-state index is 11.4. The lowest BCUT2D eigenvalue weighted by Crippen LogP contribution is -2.33. The molecule has 0 amide bonds. The molecule has 2 aliphatic carbocycles. The van der Waals surface area contributed by atoms with Gasteiger partial charge in [-0.05, 0) is 48.4 Å². The predicted molar refractivity (Wildman–Crippen MR) is 67.4 cm³/mol. The van der Waals surface area contributed by atoms with Gasteiger partial charge in [0.1, 0.15) is 0 Å². The molecular weight excluding hydrogens is 244 g/mol. The molecule has 6 nitrogen and oxygen atoms in total. The summed E-state index contributed by atoms with van der Waals surface area (Å²) in [4.78, 5) is 11.4. The Balaban J connectivity index is 1.79. The number of aromatic nitrogens is 4. The third kappa shape index (κ3) is 1.93. The minimum absolute atomic E-state index is 0.358. The van der Waals surface area contributed by atoms with Crippen LogP contribution in [-0.4, -0.2) is 31.3 Å². The van der Waals surface area contributed by atoms with Crippen molar-refractivity contribution >= 4 is 5.97 Å². The summed E-state index contributed by atoms with van der Waals surface area (Å²) in [6.07, 6.45) is 4.42. The Hall–Kier alpha value is -1.46. The van der Waals surface area contributed by atoms with E-state index in [1.165, 1.54) is 19.3 Å². The molecule has 0 spiro atoms. The number of carbonyl (C=O) groups is 1. The quantitative estimate of drug-likeness (QED) is 0.875. The van der Waals surface area contributed by atoms with Crippen LogP contribution in [0.3, 0.4) is 0 Å². The van der Waals surface area contributed by atoms with Crippen LogP contribution in [0.1, 0.15) is 51.3 Å². The second-order valence-electron chi connectivity index (χ2n) is 6.20. The van der Waals surface area contributed by atoms with Gasteiger partial charge < -0.3 is 5.11 Å². The van der Waals surface area contributed by atoms with Crippen LogP contribution in [0, 0.1) is 17.3 Å². The highest BCUT2D eigenvalue weighted by molar-refractivity contribution is 5.73. The molecule has 2 fully saturated rings. The number of rotatable bonds is 5. The summed E-state index contributed by atoms with van der Waals surface area (Å²) in [6.45, 7) is 4.01. The summed E-state index contributed by atoms with van der Waals surface area (Å²) in [7, 11) is 0. The average molecular weight is 264 g/mol. The molecule has 3 unspecified atom stereocenters. The highest BCUT2D eigenvalue weighted by Crippen LogP contribution is 2.62. The summed E-state index contributed by atoms with van der Waals surface area (Å²) in [5.74, 6) is 2.06. The van der Waals surface area contributed by atoms with E-state index in [-0.39, 0.29) is 0 Å². The number of carboxylic acids is 1. The topological polar surface area (TPSA) is 80.9 Å². The number of fused-ring (bicyclic) bond motifs is 1. The predicted octanol–water partition coefficient (Wildman–Crippen LogP) is 1.69. The minimum atomic E-state index is -0.797. The first-order chi connectivity index (χ1) is 9.07. The number of aliphatic carboxylic acids is 1. The monoisotopic (exact) mass is 264 g/mol. The summed E-state index contributed by atoms with van der Waals surface area (Å²) in [6, 6.07) is 0. The van der Waals surface area contributed by atoms with Crippen LogP contribution in [0.25, 0.3) is 0 Å². The second kappa shape index (κ2) is 4.28. The Kier molecular flexibility index (Phi) is 2.83. The van der Waals surface area contributed by atoms with Crippen LogP contribution in [0.4, 0.5) is 0 Å². The van der Waals surface area contributed by atoms with Crippen LogP contribution < -0.4 is 0 Å². The van der Waals surface area contributed by atoms with Gasteiger partial charge in [0.05, 0.1) is 12.0 Å². The van der Waals surface area contributed by atoms with Gasteiger partial charge >= 0.3 is 5.97 Å². The fourth-order valence-corrected chi connectivity index (χ4v) is 3.43. The summed E-state index contributed by atoms with van der Waals surface area (Å²) < 4.78 is 1.72. The zero-order valence-electron chi connectivity index (χ0n) is 11.4. The molecule has 0 saturated heterocycles. The van der Waals surface area contributed by atoms with E-state index in [2.05, 4.69) is 15.5 Å². The van der Waals surface area contributed by atoms with Gasteiger partial charge in [-0.25, -0.2) is 4.68 Å². The Morgan fingerprint density at radius 3 is 2.74 bits per heavy atom. The SMILES string of the molecule is CCC(C)(Cn1nnnc1C1C2CCCC21)C(=O)O. The summed E-state index contributed by atoms with van der Waals surface area (Å²) in [5, 5.41) is 21.3. The van der Waals surface area contributed by atoms with Crippen LogP contribution in [0.15, 0.2) is 0 Å². The third-order valence-electron chi connectivity index (χ3n) is 5.06. The highest BCUT2D eigenvalue weighted by atomic mass is 16.4. The number of hydrogen-bond donors (Lipinski definition) is 1. The summed E-state index contributed by atoms with van der Waals surface area (Å²) >= 11 is 0. The average Bonchev–Trinajstić information content (AvgIpc) is 2.80. The fourth-order valence-electron chi connectivity index (χ4n) is 3.43. The molecular formula is C13H20N4O2. The first-order valence-electron chi connectivity index (χ1n) is 7.06. The Morgan fingerprint density at radius 1 is 1.47 bits per heavy atom. The van der Waals surface area contributed by atoms with Crippen molar-refractivity contribution in [2.45, 2.75) is 52.0 Å². The molecule has 1 aromatic heterocycles. The lowest BCUT2D eigenvalue weighted by atomic mass is 9.87. The van der Waals surface area contributed by atoms with Gasteiger partial charge in [0.25, 0.3) is 0 Å². The van der Waals surface area contributed by atoms with E-state index in [1.54, 1.807) is 11.6 Å². The van der Waals surface area contributed by atoms with Crippen LogP contribution in [-0.2, 0) is 11.3 Å². The Morgan fingerprint density at radius 2 is 2.16 bits per heavy atom. The van der Waals surface area contributed by atoms with E-state index in [0.29, 0.717) is 18.9 Å². The zero-order chi connectivity index (χ0) is 13.6. The normalized spacial score (nSPS) is 31.8. The largest absolute Gasteiger partial charge is 0.481 e. The van der Waals surface area contributed by atoms with Crippen molar-refractivity contribution in [1.82, 2.24) is 20.2 Å². The number of carboxylic acid groups (broad SMARTS) is 1. The van der Waals surface area contributed by atoms with E-state index in [1.807, 2.05) is 6.92 Å². The first-order valence-corrected chi connectivity index (χ1v) is 7.06. The number of tetrazole rings is 1. The molecule has 0 aliphatic heterocycles. The molecule has 0 bridgehead atoms. The van der Waals surface area contributed by atoms with Gasteiger partial charge in [0.2, 0.25) is 0 Å². The Labute approximate surface area is 112 Å². The van der Waals surface area contributed by atoms with Crippen LogP contribution in [0.2, 0.25) is 0 Å². The number of nitrogens with zero attached hydrogens (tertiary/aromatic N) is 4. The molecule has 3 atom stereocenters. The van der Waals surface area contributed by atoms with E-state index in [0.717, 1.165) is 17.7 Å². The Bertz CT molecular complexity index is 491. The van der Waals surface area contributed by atoms with Gasteiger partial charge in [-0.3, -0.25) is 4.79 Å². The molecule has 1 N–H and O–H groups in total. The van der Waals surface area contributed by atoms with Crippen molar-refractivity contribution in [1.29, 1.82) is 0 Å². The molecule has 1 aromatic rings. The molecule has 0 aromatic carbocycles. The first kappa shape index (κ1) is 12.6. The van der Waals surface area contributed by atoms with E-state index in [9.17, 15) is 9.90 Å². The van der Waals surface area contributed by atoms with Crippen LogP contribution >= 0.6 is 0 Å². The maximum Gasteiger partial charge on any atom is 0.311 e. The second-order valence-corrected chi connectivity index (χ2v) is 6.20. The van der Waals surface area contributed by atoms with Crippen molar-refractivity contribution in [2.75, 3.05) is 0 Å². The van der Waals surface area contributed by atoms with Gasteiger partial charge in [0, 0.05) is 5.92 Å². The highest BCUT2D eigenvalue weighted by Gasteiger charge is 2.56. The van der Waals surface area contributed by atoms with Crippen molar-refractivity contribution in [3.8, 4) is 0 Å². The fraction of sp³-hybridized carbons (Fsp3) is 0.846. The van der Waals surface area contributed by atoms with E-state index in [4.69, 9.17) is 0 Å². The smallest absolute Gasteiger partial charge is 0.311 e. The van der Waals surface area contributed by atoms with Gasteiger partial charge in [-0.1, -0.05) is 13.3 Å². The molecule has 0 radical (unpaired) electrons. The van der Waals surface area contributed by atoms with Gasteiger partial charge in [-0.15, -0.1) is 5.10 Å². The molecule has 6 heteroatoms. The zero-order valence-corrected chi connectivity index (χ0v) is 11.4. The van der Waals surface area contributed by atoms with E-state index >= 15 is 0 Å². The summed E-state index contributed by atoms with van der Waals surface area (Å²) in [5.41, 5.74) is -0.797. The number of hydrogen-bond acceptors (Lipinski definition) is 4. The minimum Gasteiger partial charge on any atom is -0.481 e. The van der Waals surface area contributed by atoms with Crippen molar-refractivity contribution in [3.05, 3.63) is 5.82 Å². The third-order valence-corrected chi connectivity index (χ3v) is 5.06. The molecule has 1 heterocycles. The molecule has 104 valence electrons.